The Morgan fingerprint density at radius 2 is 2.38 bits per heavy atom. The molecule has 0 bridgehead atoms. The predicted octanol–water partition coefficient (Wildman–Crippen LogP) is 1.59. The summed E-state index contributed by atoms with van der Waals surface area (Å²) in [4.78, 5) is 0. The Bertz CT molecular complexity index is 351. The highest BCUT2D eigenvalue weighted by Gasteiger charge is 2.15. The van der Waals surface area contributed by atoms with E-state index in [0.29, 0.717) is 18.8 Å². The number of nitrogens with two attached hydrogens (primary N) is 1. The van der Waals surface area contributed by atoms with E-state index in [1.165, 1.54) is 6.07 Å². The summed E-state index contributed by atoms with van der Waals surface area (Å²) in [5, 5.41) is 0. The fraction of sp³-hybridized carbons (Fsp3) is 0.500. The van der Waals surface area contributed by atoms with E-state index < -0.39 is 0 Å². The Morgan fingerprint density at radius 3 is 3.06 bits per heavy atom. The van der Waals surface area contributed by atoms with Crippen molar-refractivity contribution < 1.29 is 13.9 Å². The summed E-state index contributed by atoms with van der Waals surface area (Å²) < 4.78 is 24.0. The van der Waals surface area contributed by atoms with Gasteiger partial charge in [-0.3, -0.25) is 0 Å². The molecule has 1 atom stereocenters. The molecule has 0 aromatic heterocycles. The highest BCUT2D eigenvalue weighted by Crippen LogP contribution is 2.14. The van der Waals surface area contributed by atoms with Crippen LogP contribution >= 0.6 is 0 Å². The molecule has 4 heteroatoms. The van der Waals surface area contributed by atoms with Crippen molar-refractivity contribution in [2.24, 2.45) is 5.73 Å². The van der Waals surface area contributed by atoms with E-state index >= 15 is 0 Å². The molecule has 1 saturated heterocycles. The Kier molecular flexibility index (Phi) is 3.88. The van der Waals surface area contributed by atoms with Gasteiger partial charge in [-0.05, 0) is 24.1 Å². The van der Waals surface area contributed by atoms with Crippen molar-refractivity contribution in [2.45, 2.75) is 25.7 Å². The minimum atomic E-state index is -0.254. The lowest BCUT2D eigenvalue weighted by Crippen LogP contribution is -2.12. The first-order valence-electron chi connectivity index (χ1n) is 5.46. The quantitative estimate of drug-likeness (QED) is 0.846. The lowest BCUT2D eigenvalue weighted by molar-refractivity contribution is 0.0317. The van der Waals surface area contributed by atoms with Crippen LogP contribution in [-0.2, 0) is 22.6 Å². The normalized spacial score (nSPS) is 20.2. The molecule has 16 heavy (non-hydrogen) atoms. The standard InChI is InChI=1S/C12H16FNO2/c13-12-2-1-9(5-10(12)6-14)7-16-11-3-4-15-8-11/h1-2,5,11H,3-4,6-8,14H2. The average molecular weight is 225 g/mol. The van der Waals surface area contributed by atoms with Crippen molar-refractivity contribution >= 4 is 0 Å². The van der Waals surface area contributed by atoms with Crippen molar-refractivity contribution in [3.05, 3.63) is 35.1 Å². The first-order valence-corrected chi connectivity index (χ1v) is 5.46. The van der Waals surface area contributed by atoms with Gasteiger partial charge in [-0.25, -0.2) is 4.39 Å². The minimum absolute atomic E-state index is 0.173. The van der Waals surface area contributed by atoms with Crippen molar-refractivity contribution in [3.8, 4) is 0 Å². The summed E-state index contributed by atoms with van der Waals surface area (Å²) in [5.74, 6) is -0.254. The lowest BCUT2D eigenvalue weighted by atomic mass is 10.1. The van der Waals surface area contributed by atoms with Crippen LogP contribution in [0.2, 0.25) is 0 Å². The number of halogens is 1. The number of hydrogen-bond donors (Lipinski definition) is 1. The van der Waals surface area contributed by atoms with Crippen LogP contribution < -0.4 is 5.73 Å². The van der Waals surface area contributed by atoms with Gasteiger partial charge in [0.15, 0.2) is 0 Å². The van der Waals surface area contributed by atoms with Gasteiger partial charge in [0.05, 0.1) is 19.3 Å². The van der Waals surface area contributed by atoms with E-state index in [4.69, 9.17) is 15.2 Å². The van der Waals surface area contributed by atoms with Gasteiger partial charge in [0.2, 0.25) is 0 Å². The van der Waals surface area contributed by atoms with Crippen LogP contribution in [0.3, 0.4) is 0 Å². The van der Waals surface area contributed by atoms with Gasteiger partial charge in [-0.1, -0.05) is 6.07 Å². The Balaban J connectivity index is 1.93. The second-order valence-corrected chi connectivity index (χ2v) is 3.93. The molecule has 0 aliphatic carbocycles. The summed E-state index contributed by atoms with van der Waals surface area (Å²) in [7, 11) is 0. The third-order valence-corrected chi connectivity index (χ3v) is 2.70. The van der Waals surface area contributed by atoms with Gasteiger partial charge in [-0.2, -0.15) is 0 Å². The second kappa shape index (κ2) is 5.39. The third-order valence-electron chi connectivity index (χ3n) is 2.70. The summed E-state index contributed by atoms with van der Waals surface area (Å²) in [6.45, 7) is 2.13. The zero-order valence-electron chi connectivity index (χ0n) is 9.12. The minimum Gasteiger partial charge on any atom is -0.379 e. The molecule has 2 N–H and O–H groups in total. The molecule has 0 radical (unpaired) electrons. The Morgan fingerprint density at radius 1 is 1.50 bits per heavy atom. The van der Waals surface area contributed by atoms with Crippen LogP contribution in [0, 0.1) is 5.82 Å². The van der Waals surface area contributed by atoms with E-state index in [1.807, 2.05) is 0 Å². The van der Waals surface area contributed by atoms with Gasteiger partial charge in [0, 0.05) is 18.7 Å². The van der Waals surface area contributed by atoms with Crippen LogP contribution in [0.25, 0.3) is 0 Å². The molecule has 0 spiro atoms. The summed E-state index contributed by atoms with van der Waals surface area (Å²) in [6, 6.07) is 4.92. The zero-order valence-corrected chi connectivity index (χ0v) is 9.12. The van der Waals surface area contributed by atoms with E-state index in [2.05, 4.69) is 0 Å². The molecule has 88 valence electrons. The number of hydrogen-bond acceptors (Lipinski definition) is 3. The van der Waals surface area contributed by atoms with Crippen LogP contribution in [-0.4, -0.2) is 19.3 Å². The number of benzene rings is 1. The zero-order chi connectivity index (χ0) is 11.4. The van der Waals surface area contributed by atoms with Crippen molar-refractivity contribution in [1.29, 1.82) is 0 Å². The summed E-state index contributed by atoms with van der Waals surface area (Å²) in [5.41, 5.74) is 6.92. The molecule has 1 aliphatic rings. The molecule has 1 aliphatic heterocycles. The van der Waals surface area contributed by atoms with Gasteiger partial charge < -0.3 is 15.2 Å². The molecule has 1 aromatic rings. The smallest absolute Gasteiger partial charge is 0.127 e. The van der Waals surface area contributed by atoms with Gasteiger partial charge in [0.1, 0.15) is 5.82 Å². The molecule has 1 fully saturated rings. The highest BCUT2D eigenvalue weighted by molar-refractivity contribution is 5.24. The van der Waals surface area contributed by atoms with Crippen molar-refractivity contribution in [2.75, 3.05) is 13.2 Å². The summed E-state index contributed by atoms with van der Waals surface area (Å²) in [6.07, 6.45) is 1.11. The van der Waals surface area contributed by atoms with Gasteiger partial charge >= 0.3 is 0 Å². The van der Waals surface area contributed by atoms with E-state index in [9.17, 15) is 4.39 Å². The predicted molar refractivity (Wildman–Crippen MR) is 58.3 cm³/mol. The second-order valence-electron chi connectivity index (χ2n) is 3.93. The maximum atomic E-state index is 13.2. The Hall–Kier alpha value is -0.970. The fourth-order valence-electron chi connectivity index (χ4n) is 1.73. The fourth-order valence-corrected chi connectivity index (χ4v) is 1.73. The van der Waals surface area contributed by atoms with Gasteiger partial charge in [-0.15, -0.1) is 0 Å². The lowest BCUT2D eigenvalue weighted by Gasteiger charge is -2.10. The Labute approximate surface area is 94.3 Å². The first kappa shape index (κ1) is 11.5. The van der Waals surface area contributed by atoms with E-state index in [-0.39, 0.29) is 18.5 Å². The van der Waals surface area contributed by atoms with Crippen molar-refractivity contribution in [3.63, 3.8) is 0 Å². The van der Waals surface area contributed by atoms with E-state index in [0.717, 1.165) is 18.6 Å². The van der Waals surface area contributed by atoms with Crippen LogP contribution in [0.5, 0.6) is 0 Å². The molecular weight excluding hydrogens is 209 g/mol. The molecular formula is C12H16FNO2. The highest BCUT2D eigenvalue weighted by atomic mass is 19.1. The van der Waals surface area contributed by atoms with Gasteiger partial charge in [0.25, 0.3) is 0 Å². The molecule has 3 nitrogen and oxygen atoms in total. The molecule has 2 rings (SSSR count). The van der Waals surface area contributed by atoms with E-state index in [1.54, 1.807) is 12.1 Å². The monoisotopic (exact) mass is 225 g/mol. The summed E-state index contributed by atoms with van der Waals surface area (Å²) >= 11 is 0. The van der Waals surface area contributed by atoms with Crippen molar-refractivity contribution in [1.82, 2.24) is 0 Å². The van der Waals surface area contributed by atoms with Crippen LogP contribution in [0.15, 0.2) is 18.2 Å². The SMILES string of the molecule is NCc1cc(COC2CCOC2)ccc1F. The first-order chi connectivity index (χ1) is 7.79. The maximum absolute atomic E-state index is 13.2. The molecule has 0 saturated carbocycles. The third kappa shape index (κ3) is 2.78. The number of rotatable bonds is 4. The molecule has 1 unspecified atom stereocenters. The number of ether oxygens (including phenoxy) is 2. The molecule has 1 heterocycles. The largest absolute Gasteiger partial charge is 0.379 e. The van der Waals surface area contributed by atoms with Crippen LogP contribution in [0.4, 0.5) is 4.39 Å². The topological polar surface area (TPSA) is 44.5 Å². The molecule has 1 aromatic carbocycles. The average Bonchev–Trinajstić information content (AvgIpc) is 2.81. The molecule has 0 amide bonds. The maximum Gasteiger partial charge on any atom is 0.127 e. The van der Waals surface area contributed by atoms with Crippen LogP contribution in [0.1, 0.15) is 17.5 Å².